The molecular weight excluding hydrogens is 291 g/mol. The Kier molecular flexibility index (Phi) is 5.37. The van der Waals surface area contributed by atoms with E-state index in [9.17, 15) is 18.0 Å². The van der Waals surface area contributed by atoms with Gasteiger partial charge in [0.05, 0.1) is 13.7 Å². The first kappa shape index (κ1) is 15.5. The van der Waals surface area contributed by atoms with Gasteiger partial charge in [-0.05, 0) is 12.1 Å². The summed E-state index contributed by atoms with van der Waals surface area (Å²) in [4.78, 5) is 14.8. The number of methoxy groups -OCH3 is 1. The van der Waals surface area contributed by atoms with E-state index >= 15 is 0 Å². The fraction of sp³-hybridized carbons (Fsp3) is 0.400. The predicted octanol–water partition coefficient (Wildman–Crippen LogP) is 2.44. The van der Waals surface area contributed by atoms with Crippen LogP contribution in [-0.4, -0.2) is 37.6 Å². The van der Waals surface area contributed by atoms with E-state index in [1.807, 2.05) is 0 Å². The molecule has 0 atom stereocenters. The molecule has 0 amide bonds. The molecule has 1 heterocycles. The van der Waals surface area contributed by atoms with E-state index in [0.29, 0.717) is 0 Å². The second-order valence-electron chi connectivity index (χ2n) is 3.12. The number of hydrogen-bond donors (Lipinski definition) is 0. The van der Waals surface area contributed by atoms with E-state index in [-0.39, 0.29) is 23.2 Å². The molecule has 0 saturated carbocycles. The van der Waals surface area contributed by atoms with E-state index in [1.165, 1.54) is 19.2 Å². The summed E-state index contributed by atoms with van der Waals surface area (Å²) in [6.45, 7) is -1.04. The van der Waals surface area contributed by atoms with Gasteiger partial charge < -0.3 is 9.47 Å². The summed E-state index contributed by atoms with van der Waals surface area (Å²) in [6.07, 6.45) is -4.71. The highest BCUT2D eigenvalue weighted by Crippen LogP contribution is 2.22. The summed E-state index contributed by atoms with van der Waals surface area (Å²) in [5.74, 6) is -0.644. The van der Waals surface area contributed by atoms with E-state index in [0.717, 1.165) is 0 Å². The molecular formula is C10H9ClF3NO4. The number of esters is 1. The lowest BCUT2D eigenvalue weighted by Crippen LogP contribution is -2.18. The predicted molar refractivity (Wildman–Crippen MR) is 58.1 cm³/mol. The molecule has 1 aromatic rings. The molecule has 0 bridgehead atoms. The minimum Gasteiger partial charge on any atom is -0.488 e. The third kappa shape index (κ3) is 5.31. The van der Waals surface area contributed by atoms with Gasteiger partial charge in [-0.2, -0.15) is 0 Å². The minimum absolute atomic E-state index is 0.0357. The van der Waals surface area contributed by atoms with Crippen LogP contribution in [0.1, 0.15) is 10.5 Å². The second kappa shape index (κ2) is 6.58. The average Bonchev–Trinajstić information content (AvgIpc) is 2.33. The van der Waals surface area contributed by atoms with E-state index < -0.39 is 18.9 Å². The Labute approximate surface area is 111 Å². The number of hydrogen-bond acceptors (Lipinski definition) is 5. The molecule has 106 valence electrons. The van der Waals surface area contributed by atoms with Crippen molar-refractivity contribution >= 4 is 17.6 Å². The average molecular weight is 300 g/mol. The summed E-state index contributed by atoms with van der Waals surface area (Å²) >= 11 is 5.69. The molecule has 9 heteroatoms. The van der Waals surface area contributed by atoms with E-state index in [2.05, 4.69) is 14.5 Å². The molecule has 5 nitrogen and oxygen atoms in total. The van der Waals surface area contributed by atoms with Crippen molar-refractivity contribution in [3.63, 3.8) is 0 Å². The van der Waals surface area contributed by atoms with Gasteiger partial charge in [0.1, 0.15) is 12.3 Å². The van der Waals surface area contributed by atoms with Gasteiger partial charge in [-0.15, -0.1) is 13.2 Å². The summed E-state index contributed by atoms with van der Waals surface area (Å²) < 4.78 is 47.9. The number of nitrogens with zero attached hydrogens (tertiary/aromatic N) is 1. The summed E-state index contributed by atoms with van der Waals surface area (Å²) in [7, 11) is 1.18. The van der Waals surface area contributed by atoms with Gasteiger partial charge in [0.25, 0.3) is 0 Å². The fourth-order valence-electron chi connectivity index (χ4n) is 1.06. The Morgan fingerprint density at radius 3 is 2.58 bits per heavy atom. The van der Waals surface area contributed by atoms with Crippen molar-refractivity contribution in [2.45, 2.75) is 6.36 Å². The number of carbonyl (C=O) groups excluding carboxylic acids is 1. The summed E-state index contributed by atoms with van der Waals surface area (Å²) in [6, 6.07) is 2.58. The number of carbonyl (C=O) groups is 1. The van der Waals surface area contributed by atoms with Crippen LogP contribution >= 0.6 is 11.6 Å². The second-order valence-corrected chi connectivity index (χ2v) is 3.48. The summed E-state index contributed by atoms with van der Waals surface area (Å²) in [5.41, 5.74) is -0.0357. The lowest BCUT2D eigenvalue weighted by Gasteiger charge is -2.10. The van der Waals surface area contributed by atoms with Gasteiger partial charge in [0.2, 0.25) is 0 Å². The molecule has 0 fully saturated rings. The monoisotopic (exact) mass is 299 g/mol. The van der Waals surface area contributed by atoms with Gasteiger partial charge in [0, 0.05) is 0 Å². The van der Waals surface area contributed by atoms with Gasteiger partial charge in [-0.1, -0.05) is 11.6 Å². The standard InChI is InChI=1S/C10H9ClF3NO4/c1-17-9(16)6-2-3-7(8(11)15-6)18-4-5-19-10(12,13)14/h2-3H,4-5H2,1H3. The minimum atomic E-state index is -4.71. The highest BCUT2D eigenvalue weighted by atomic mass is 35.5. The number of pyridine rings is 1. The lowest BCUT2D eigenvalue weighted by atomic mass is 10.3. The van der Waals surface area contributed by atoms with Crippen molar-refractivity contribution in [1.82, 2.24) is 4.98 Å². The normalized spacial score (nSPS) is 11.2. The molecule has 0 radical (unpaired) electrons. The molecule has 0 aromatic carbocycles. The smallest absolute Gasteiger partial charge is 0.488 e. The highest BCUT2D eigenvalue weighted by molar-refractivity contribution is 6.31. The SMILES string of the molecule is COC(=O)c1ccc(OCCOC(F)(F)F)c(Cl)n1. The number of halogens is 4. The quantitative estimate of drug-likeness (QED) is 0.475. The van der Waals surface area contributed by atoms with Crippen LogP contribution in [-0.2, 0) is 9.47 Å². The number of ether oxygens (including phenoxy) is 3. The topological polar surface area (TPSA) is 57.7 Å². The Hall–Kier alpha value is -1.54. The molecule has 0 unspecified atom stereocenters. The molecule has 1 rings (SSSR count). The first-order chi connectivity index (χ1) is 8.83. The Balaban J connectivity index is 2.54. The van der Waals surface area contributed by atoms with Crippen LogP contribution in [0.2, 0.25) is 5.15 Å². The van der Waals surface area contributed by atoms with Crippen molar-refractivity contribution < 1.29 is 32.2 Å². The summed E-state index contributed by atoms with van der Waals surface area (Å²) in [5, 5.41) is -0.157. The Morgan fingerprint density at radius 2 is 2.05 bits per heavy atom. The number of alkyl halides is 3. The van der Waals surface area contributed by atoms with Crippen LogP contribution in [0.5, 0.6) is 5.75 Å². The van der Waals surface area contributed by atoms with Crippen molar-refractivity contribution in [3.05, 3.63) is 23.0 Å². The zero-order chi connectivity index (χ0) is 14.5. The fourth-order valence-corrected chi connectivity index (χ4v) is 1.27. The molecule has 0 saturated heterocycles. The largest absolute Gasteiger partial charge is 0.522 e. The first-order valence-corrected chi connectivity index (χ1v) is 5.29. The van der Waals surface area contributed by atoms with Crippen LogP contribution in [0.15, 0.2) is 12.1 Å². The van der Waals surface area contributed by atoms with Crippen molar-refractivity contribution in [2.24, 2.45) is 0 Å². The van der Waals surface area contributed by atoms with Crippen LogP contribution in [0.4, 0.5) is 13.2 Å². The first-order valence-electron chi connectivity index (χ1n) is 4.92. The third-order valence-corrected chi connectivity index (χ3v) is 2.09. The molecule has 0 N–H and O–H groups in total. The van der Waals surface area contributed by atoms with E-state index in [1.54, 1.807) is 0 Å². The van der Waals surface area contributed by atoms with Crippen molar-refractivity contribution in [1.29, 1.82) is 0 Å². The molecule has 19 heavy (non-hydrogen) atoms. The van der Waals surface area contributed by atoms with Crippen molar-refractivity contribution in [2.75, 3.05) is 20.3 Å². The van der Waals surface area contributed by atoms with Crippen molar-refractivity contribution in [3.8, 4) is 5.75 Å². The molecule has 0 spiro atoms. The highest BCUT2D eigenvalue weighted by Gasteiger charge is 2.28. The maximum absolute atomic E-state index is 11.7. The van der Waals surface area contributed by atoms with Gasteiger partial charge in [-0.25, -0.2) is 9.78 Å². The molecule has 0 aliphatic carbocycles. The van der Waals surface area contributed by atoms with Gasteiger partial charge in [0.15, 0.2) is 10.9 Å². The van der Waals surface area contributed by atoms with Gasteiger partial charge in [-0.3, -0.25) is 4.74 Å². The molecule has 0 aliphatic heterocycles. The van der Waals surface area contributed by atoms with Gasteiger partial charge >= 0.3 is 12.3 Å². The maximum Gasteiger partial charge on any atom is 0.522 e. The van der Waals surface area contributed by atoms with Crippen LogP contribution in [0, 0.1) is 0 Å². The van der Waals surface area contributed by atoms with Crippen LogP contribution in [0.25, 0.3) is 0 Å². The van der Waals surface area contributed by atoms with Crippen LogP contribution < -0.4 is 4.74 Å². The van der Waals surface area contributed by atoms with E-state index in [4.69, 9.17) is 16.3 Å². The Bertz CT molecular complexity index is 453. The molecule has 1 aromatic heterocycles. The zero-order valence-electron chi connectivity index (χ0n) is 9.66. The number of rotatable bonds is 5. The number of aromatic nitrogens is 1. The zero-order valence-corrected chi connectivity index (χ0v) is 10.4. The lowest BCUT2D eigenvalue weighted by molar-refractivity contribution is -0.325. The van der Waals surface area contributed by atoms with Crippen LogP contribution in [0.3, 0.4) is 0 Å². The third-order valence-electron chi connectivity index (χ3n) is 1.82. The maximum atomic E-state index is 11.7. The molecule has 0 aliphatic rings. The Morgan fingerprint density at radius 1 is 1.37 bits per heavy atom.